The van der Waals surface area contributed by atoms with Gasteiger partial charge in [-0.25, -0.2) is 0 Å². The number of nitrogens with zero attached hydrogens (tertiary/aromatic N) is 1. The Bertz CT molecular complexity index is 506. The van der Waals surface area contributed by atoms with Crippen LogP contribution in [0.2, 0.25) is 0 Å². The molecule has 0 bridgehead atoms. The zero-order chi connectivity index (χ0) is 14.8. The molecule has 0 radical (unpaired) electrons. The molecule has 1 atom stereocenters. The van der Waals surface area contributed by atoms with Crippen LogP contribution >= 0.6 is 15.9 Å². The Morgan fingerprint density at radius 1 is 1.45 bits per heavy atom. The van der Waals surface area contributed by atoms with E-state index in [1.807, 2.05) is 14.0 Å². The summed E-state index contributed by atoms with van der Waals surface area (Å²) in [6.07, 6.45) is 0.887. The molecular weight excluding hydrogens is 318 g/mol. The molecular formula is C15H22BrN3O. The van der Waals surface area contributed by atoms with E-state index in [0.717, 1.165) is 30.5 Å². The van der Waals surface area contributed by atoms with Gasteiger partial charge in [0.25, 0.3) is 0 Å². The number of hydrogen-bond acceptors (Lipinski definition) is 3. The Morgan fingerprint density at radius 2 is 2.20 bits per heavy atom. The zero-order valence-electron chi connectivity index (χ0n) is 12.3. The number of benzene rings is 1. The van der Waals surface area contributed by atoms with Crippen LogP contribution in [0.4, 0.5) is 5.69 Å². The highest BCUT2D eigenvalue weighted by atomic mass is 79.9. The van der Waals surface area contributed by atoms with Crippen LogP contribution < -0.4 is 15.5 Å². The Hall–Kier alpha value is -1.07. The molecule has 1 fully saturated rings. The van der Waals surface area contributed by atoms with E-state index in [0.29, 0.717) is 0 Å². The third-order valence-corrected chi connectivity index (χ3v) is 4.50. The maximum atomic E-state index is 12.0. The molecule has 20 heavy (non-hydrogen) atoms. The summed E-state index contributed by atoms with van der Waals surface area (Å²) in [7, 11) is 3.66. The third kappa shape index (κ3) is 2.99. The Kier molecular flexibility index (Phi) is 4.70. The lowest BCUT2D eigenvalue weighted by molar-refractivity contribution is -0.128. The second-order valence-electron chi connectivity index (χ2n) is 5.61. The van der Waals surface area contributed by atoms with Crippen molar-refractivity contribution >= 4 is 27.5 Å². The molecule has 1 aromatic rings. The number of halogens is 1. The van der Waals surface area contributed by atoms with E-state index in [4.69, 9.17) is 0 Å². The van der Waals surface area contributed by atoms with Crippen molar-refractivity contribution in [1.29, 1.82) is 0 Å². The van der Waals surface area contributed by atoms with E-state index in [-0.39, 0.29) is 11.3 Å². The Morgan fingerprint density at radius 3 is 2.85 bits per heavy atom. The van der Waals surface area contributed by atoms with Crippen LogP contribution in [0, 0.1) is 5.41 Å². The lowest BCUT2D eigenvalue weighted by Gasteiger charge is -2.26. The SMILES string of the molecule is CNCc1ccc(Br)cc1N1CCC(C)(C(=O)NC)C1. The van der Waals surface area contributed by atoms with Gasteiger partial charge < -0.3 is 15.5 Å². The minimum atomic E-state index is -0.298. The number of carbonyl (C=O) groups excluding carboxylic acids is 1. The topological polar surface area (TPSA) is 44.4 Å². The molecule has 1 heterocycles. The van der Waals surface area contributed by atoms with Crippen molar-refractivity contribution in [3.05, 3.63) is 28.2 Å². The van der Waals surface area contributed by atoms with Gasteiger partial charge in [-0.3, -0.25) is 4.79 Å². The standard InChI is InChI=1S/C15H22BrN3O/c1-15(14(20)18-3)6-7-19(10-15)13-8-12(16)5-4-11(13)9-17-2/h4-5,8,17H,6-7,9-10H2,1-3H3,(H,18,20). The van der Waals surface area contributed by atoms with Gasteiger partial charge >= 0.3 is 0 Å². The second-order valence-corrected chi connectivity index (χ2v) is 6.53. The lowest BCUT2D eigenvalue weighted by atomic mass is 9.89. The molecule has 0 aromatic heterocycles. The molecule has 1 aromatic carbocycles. The number of carbonyl (C=O) groups is 1. The highest BCUT2D eigenvalue weighted by Gasteiger charge is 2.40. The summed E-state index contributed by atoms with van der Waals surface area (Å²) in [6.45, 7) is 4.55. The van der Waals surface area contributed by atoms with Crippen LogP contribution in [0.15, 0.2) is 22.7 Å². The van der Waals surface area contributed by atoms with E-state index < -0.39 is 0 Å². The summed E-state index contributed by atoms with van der Waals surface area (Å²) >= 11 is 3.54. The highest BCUT2D eigenvalue weighted by Crippen LogP contribution is 2.36. The molecule has 1 saturated heterocycles. The molecule has 0 spiro atoms. The van der Waals surface area contributed by atoms with Crippen LogP contribution in [0.3, 0.4) is 0 Å². The van der Waals surface area contributed by atoms with Crippen molar-refractivity contribution in [2.24, 2.45) is 5.41 Å². The Labute approximate surface area is 129 Å². The molecule has 0 aliphatic carbocycles. The van der Waals surface area contributed by atoms with E-state index in [2.05, 4.69) is 49.7 Å². The molecule has 1 aliphatic heterocycles. The van der Waals surface area contributed by atoms with Crippen LogP contribution in [-0.4, -0.2) is 33.1 Å². The van der Waals surface area contributed by atoms with Crippen LogP contribution in [0.25, 0.3) is 0 Å². The summed E-state index contributed by atoms with van der Waals surface area (Å²) in [4.78, 5) is 14.3. The molecule has 0 saturated carbocycles. The normalized spacial score (nSPS) is 22.1. The average molecular weight is 340 g/mol. The molecule has 1 unspecified atom stereocenters. The van der Waals surface area contributed by atoms with Crippen LogP contribution in [-0.2, 0) is 11.3 Å². The van der Waals surface area contributed by atoms with E-state index in [9.17, 15) is 4.79 Å². The number of nitrogens with one attached hydrogen (secondary N) is 2. The predicted octanol–water partition coefficient (Wildman–Crippen LogP) is 2.13. The first-order chi connectivity index (χ1) is 9.50. The third-order valence-electron chi connectivity index (χ3n) is 4.00. The number of anilines is 1. The quantitative estimate of drug-likeness (QED) is 0.883. The number of hydrogen-bond donors (Lipinski definition) is 2. The predicted molar refractivity (Wildman–Crippen MR) is 85.9 cm³/mol. The molecule has 1 aliphatic rings. The van der Waals surface area contributed by atoms with Gasteiger partial charge in [-0.05, 0) is 38.1 Å². The maximum absolute atomic E-state index is 12.0. The van der Waals surface area contributed by atoms with Gasteiger partial charge in [0, 0.05) is 36.8 Å². The van der Waals surface area contributed by atoms with Gasteiger partial charge in [0.2, 0.25) is 5.91 Å². The summed E-state index contributed by atoms with van der Waals surface area (Å²) in [5.74, 6) is 0.130. The molecule has 2 rings (SSSR count). The fourth-order valence-corrected chi connectivity index (χ4v) is 3.17. The molecule has 5 heteroatoms. The number of rotatable bonds is 4. The van der Waals surface area contributed by atoms with E-state index >= 15 is 0 Å². The molecule has 4 nitrogen and oxygen atoms in total. The summed E-state index contributed by atoms with van der Waals surface area (Å²) in [5, 5.41) is 5.98. The average Bonchev–Trinajstić information content (AvgIpc) is 2.84. The van der Waals surface area contributed by atoms with Gasteiger partial charge in [0.05, 0.1) is 5.41 Å². The molecule has 1 amide bonds. The van der Waals surface area contributed by atoms with Gasteiger partial charge in [0.1, 0.15) is 0 Å². The fraction of sp³-hybridized carbons (Fsp3) is 0.533. The summed E-state index contributed by atoms with van der Waals surface area (Å²) < 4.78 is 1.07. The first kappa shape index (κ1) is 15.3. The largest absolute Gasteiger partial charge is 0.370 e. The van der Waals surface area contributed by atoms with Gasteiger partial charge in [-0.15, -0.1) is 0 Å². The van der Waals surface area contributed by atoms with Crippen molar-refractivity contribution in [2.75, 3.05) is 32.1 Å². The van der Waals surface area contributed by atoms with Crippen molar-refractivity contribution in [2.45, 2.75) is 19.9 Å². The van der Waals surface area contributed by atoms with Gasteiger partial charge in [0.15, 0.2) is 0 Å². The second kappa shape index (κ2) is 6.14. The fourth-order valence-electron chi connectivity index (χ4n) is 2.83. The van der Waals surface area contributed by atoms with Crippen LogP contribution in [0.5, 0.6) is 0 Å². The highest BCUT2D eigenvalue weighted by molar-refractivity contribution is 9.10. The van der Waals surface area contributed by atoms with Crippen LogP contribution in [0.1, 0.15) is 18.9 Å². The zero-order valence-corrected chi connectivity index (χ0v) is 13.9. The van der Waals surface area contributed by atoms with Crippen molar-refractivity contribution in [1.82, 2.24) is 10.6 Å². The monoisotopic (exact) mass is 339 g/mol. The Balaban J connectivity index is 2.25. The first-order valence-electron chi connectivity index (χ1n) is 6.90. The van der Waals surface area contributed by atoms with Gasteiger partial charge in [-0.2, -0.15) is 0 Å². The molecule has 110 valence electrons. The van der Waals surface area contributed by atoms with E-state index in [1.54, 1.807) is 7.05 Å². The maximum Gasteiger partial charge on any atom is 0.227 e. The summed E-state index contributed by atoms with van der Waals surface area (Å²) in [6, 6.07) is 6.33. The smallest absolute Gasteiger partial charge is 0.227 e. The lowest BCUT2D eigenvalue weighted by Crippen LogP contribution is -2.39. The number of amides is 1. The minimum Gasteiger partial charge on any atom is -0.370 e. The minimum absolute atomic E-state index is 0.130. The first-order valence-corrected chi connectivity index (χ1v) is 7.69. The molecule has 2 N–H and O–H groups in total. The van der Waals surface area contributed by atoms with Crippen molar-refractivity contribution in [3.8, 4) is 0 Å². The van der Waals surface area contributed by atoms with Crippen molar-refractivity contribution < 1.29 is 4.79 Å². The van der Waals surface area contributed by atoms with E-state index in [1.165, 1.54) is 11.3 Å². The van der Waals surface area contributed by atoms with Gasteiger partial charge in [-0.1, -0.05) is 22.0 Å². The van der Waals surface area contributed by atoms with Crippen molar-refractivity contribution in [3.63, 3.8) is 0 Å². The summed E-state index contributed by atoms with van der Waals surface area (Å²) in [5.41, 5.74) is 2.17.